The molecular formula is C19H13BrClF3N4O3S. The first-order valence-corrected chi connectivity index (χ1v) is 11.7. The number of halogens is 5. The van der Waals surface area contributed by atoms with Crippen molar-refractivity contribution in [2.75, 3.05) is 18.2 Å². The SMILES string of the molecule is O=C(c1cc(-c2cc(Br)cc(OC(F)(F)F)c2)n(-c2ccc(Cl)nc2)n1)N1CC[S+]([O-])C1. The van der Waals surface area contributed by atoms with E-state index in [9.17, 15) is 22.5 Å². The molecule has 2 aromatic heterocycles. The van der Waals surface area contributed by atoms with Crippen LogP contribution in [0, 0.1) is 0 Å². The molecule has 1 aliphatic heterocycles. The summed E-state index contributed by atoms with van der Waals surface area (Å²) in [6.07, 6.45) is -3.45. The Kier molecular flexibility index (Phi) is 6.39. The maximum atomic E-state index is 12.9. The zero-order valence-electron chi connectivity index (χ0n) is 16.0. The molecule has 32 heavy (non-hydrogen) atoms. The molecule has 1 aliphatic rings. The van der Waals surface area contributed by atoms with E-state index in [-0.39, 0.29) is 16.7 Å². The molecule has 3 heterocycles. The van der Waals surface area contributed by atoms with Crippen molar-refractivity contribution in [3.8, 4) is 22.7 Å². The first-order chi connectivity index (χ1) is 15.1. The van der Waals surface area contributed by atoms with Gasteiger partial charge >= 0.3 is 6.36 Å². The number of benzene rings is 1. The topological polar surface area (TPSA) is 83.3 Å². The molecule has 1 aromatic carbocycles. The van der Waals surface area contributed by atoms with Crippen LogP contribution in [0.5, 0.6) is 5.75 Å². The maximum Gasteiger partial charge on any atom is 0.573 e. The second-order valence-corrected chi connectivity index (χ2v) is 9.58. The molecule has 3 aromatic rings. The Balaban J connectivity index is 1.80. The van der Waals surface area contributed by atoms with Crippen LogP contribution in [0.2, 0.25) is 5.15 Å². The summed E-state index contributed by atoms with van der Waals surface area (Å²) < 4.78 is 55.7. The quantitative estimate of drug-likeness (QED) is 0.356. The summed E-state index contributed by atoms with van der Waals surface area (Å²) in [4.78, 5) is 18.3. The lowest BCUT2D eigenvalue weighted by molar-refractivity contribution is -0.274. The third-order valence-electron chi connectivity index (χ3n) is 4.46. The number of carbonyl (C=O) groups is 1. The molecule has 0 bridgehead atoms. The average molecular weight is 550 g/mol. The second kappa shape index (κ2) is 8.93. The van der Waals surface area contributed by atoms with Gasteiger partial charge in [-0.15, -0.1) is 13.2 Å². The fourth-order valence-corrected chi connectivity index (χ4v) is 4.85. The van der Waals surface area contributed by atoms with Crippen LogP contribution >= 0.6 is 27.5 Å². The Hall–Kier alpha value is -2.28. The van der Waals surface area contributed by atoms with Crippen LogP contribution < -0.4 is 4.74 Å². The van der Waals surface area contributed by atoms with Crippen LogP contribution in [-0.4, -0.2) is 54.7 Å². The van der Waals surface area contributed by atoms with Crippen molar-refractivity contribution in [2.24, 2.45) is 0 Å². The standard InChI is InChI=1S/C19H13BrClF3N4O3S/c20-12-5-11(6-14(7-12)31-19(22,23)24)16-8-15(18(29)27-3-4-32(30)10-27)26-28(16)13-1-2-17(21)25-9-13/h1-2,5-9H,3-4,10H2. The van der Waals surface area contributed by atoms with E-state index >= 15 is 0 Å². The minimum Gasteiger partial charge on any atom is -0.615 e. The van der Waals surface area contributed by atoms with Crippen LogP contribution in [0.25, 0.3) is 16.9 Å². The predicted octanol–water partition coefficient (Wildman–Crippen LogP) is 4.41. The van der Waals surface area contributed by atoms with Gasteiger partial charge in [-0.1, -0.05) is 27.5 Å². The number of alkyl halides is 3. The van der Waals surface area contributed by atoms with E-state index in [1.807, 2.05) is 0 Å². The molecule has 0 spiro atoms. The van der Waals surface area contributed by atoms with Gasteiger partial charge in [0.15, 0.2) is 11.6 Å². The minimum absolute atomic E-state index is 0.0483. The number of aromatic nitrogens is 3. The number of pyridine rings is 1. The number of hydrogen-bond acceptors (Lipinski definition) is 5. The van der Waals surface area contributed by atoms with Gasteiger partial charge in [-0.2, -0.15) is 5.10 Å². The number of amides is 1. The Morgan fingerprint density at radius 2 is 2.03 bits per heavy atom. The summed E-state index contributed by atoms with van der Waals surface area (Å²) in [5, 5.41) is 4.59. The van der Waals surface area contributed by atoms with Crippen molar-refractivity contribution in [1.82, 2.24) is 19.7 Å². The van der Waals surface area contributed by atoms with E-state index in [4.69, 9.17) is 11.6 Å². The van der Waals surface area contributed by atoms with Crippen molar-refractivity contribution in [3.05, 3.63) is 57.9 Å². The molecule has 1 saturated heterocycles. The molecule has 1 unspecified atom stereocenters. The third kappa shape index (κ3) is 5.20. The van der Waals surface area contributed by atoms with Crippen molar-refractivity contribution in [2.45, 2.75) is 6.36 Å². The van der Waals surface area contributed by atoms with E-state index in [0.29, 0.717) is 33.7 Å². The zero-order valence-corrected chi connectivity index (χ0v) is 19.1. The van der Waals surface area contributed by atoms with Crippen molar-refractivity contribution >= 4 is 44.6 Å². The molecule has 0 saturated carbocycles. The van der Waals surface area contributed by atoms with Gasteiger partial charge in [-0.05, 0) is 47.6 Å². The summed E-state index contributed by atoms with van der Waals surface area (Å²) >= 11 is 7.92. The van der Waals surface area contributed by atoms with Gasteiger partial charge < -0.3 is 9.29 Å². The lowest BCUT2D eigenvalue weighted by Gasteiger charge is -2.12. The van der Waals surface area contributed by atoms with Crippen molar-refractivity contribution in [1.29, 1.82) is 0 Å². The Labute approximate surface area is 196 Å². The highest BCUT2D eigenvalue weighted by molar-refractivity contribution is 9.10. The largest absolute Gasteiger partial charge is 0.615 e. The highest BCUT2D eigenvalue weighted by atomic mass is 79.9. The summed E-state index contributed by atoms with van der Waals surface area (Å²) in [7, 11) is 0. The maximum absolute atomic E-state index is 12.9. The van der Waals surface area contributed by atoms with E-state index < -0.39 is 29.2 Å². The molecule has 1 fully saturated rings. The molecular weight excluding hydrogens is 537 g/mol. The van der Waals surface area contributed by atoms with Crippen LogP contribution in [0.3, 0.4) is 0 Å². The lowest BCUT2D eigenvalue weighted by Crippen LogP contribution is -2.29. The number of carbonyl (C=O) groups excluding carboxylic acids is 1. The number of ether oxygens (including phenoxy) is 1. The predicted molar refractivity (Wildman–Crippen MR) is 115 cm³/mol. The van der Waals surface area contributed by atoms with Gasteiger partial charge in [0.25, 0.3) is 5.91 Å². The monoisotopic (exact) mass is 548 g/mol. The van der Waals surface area contributed by atoms with E-state index in [1.54, 1.807) is 12.1 Å². The molecule has 0 N–H and O–H groups in total. The molecule has 0 radical (unpaired) electrons. The Morgan fingerprint density at radius 3 is 2.66 bits per heavy atom. The number of nitrogens with zero attached hydrogens (tertiary/aromatic N) is 4. The molecule has 13 heteroatoms. The summed E-state index contributed by atoms with van der Waals surface area (Å²) in [6, 6.07) is 8.51. The highest BCUT2D eigenvalue weighted by Crippen LogP contribution is 2.33. The van der Waals surface area contributed by atoms with Crippen molar-refractivity contribution < 1.29 is 27.3 Å². The van der Waals surface area contributed by atoms with Gasteiger partial charge in [0.2, 0.25) is 0 Å². The summed E-state index contributed by atoms with van der Waals surface area (Å²) in [5.74, 6) is -0.389. The van der Waals surface area contributed by atoms with Gasteiger partial charge in [0.05, 0.1) is 24.1 Å². The molecule has 7 nitrogen and oxygen atoms in total. The van der Waals surface area contributed by atoms with Gasteiger partial charge in [0, 0.05) is 10.0 Å². The van der Waals surface area contributed by atoms with E-state index in [0.717, 1.165) is 0 Å². The third-order valence-corrected chi connectivity index (χ3v) is 6.38. The van der Waals surface area contributed by atoms with Gasteiger partial charge in [-0.3, -0.25) is 9.69 Å². The van der Waals surface area contributed by atoms with Crippen LogP contribution in [0.1, 0.15) is 10.5 Å². The molecule has 168 valence electrons. The minimum atomic E-state index is -4.87. The Bertz CT molecular complexity index is 1160. The molecule has 1 amide bonds. The average Bonchev–Trinajstić information content (AvgIpc) is 3.33. The number of rotatable bonds is 4. The fourth-order valence-electron chi connectivity index (χ4n) is 3.12. The van der Waals surface area contributed by atoms with Crippen LogP contribution in [0.15, 0.2) is 47.1 Å². The fraction of sp³-hybridized carbons (Fsp3) is 0.211. The highest BCUT2D eigenvalue weighted by Gasteiger charge is 2.32. The van der Waals surface area contributed by atoms with E-state index in [2.05, 4.69) is 30.7 Å². The normalized spacial score (nSPS) is 16.4. The molecule has 1 atom stereocenters. The second-order valence-electron chi connectivity index (χ2n) is 6.73. The smallest absolute Gasteiger partial charge is 0.573 e. The van der Waals surface area contributed by atoms with Crippen molar-refractivity contribution in [3.63, 3.8) is 0 Å². The Morgan fingerprint density at radius 1 is 1.25 bits per heavy atom. The van der Waals surface area contributed by atoms with Crippen LogP contribution in [0.4, 0.5) is 13.2 Å². The lowest BCUT2D eigenvalue weighted by atomic mass is 10.1. The van der Waals surface area contributed by atoms with Gasteiger partial charge in [0.1, 0.15) is 16.7 Å². The number of hydrogen-bond donors (Lipinski definition) is 0. The summed E-state index contributed by atoms with van der Waals surface area (Å²) in [5.41, 5.74) is 1.12. The molecule has 4 rings (SSSR count). The van der Waals surface area contributed by atoms with Gasteiger partial charge in [-0.25, -0.2) is 9.67 Å². The zero-order chi connectivity index (χ0) is 23.0. The molecule has 0 aliphatic carbocycles. The first kappa shape index (κ1) is 22.9. The van der Waals surface area contributed by atoms with E-state index in [1.165, 1.54) is 40.0 Å². The first-order valence-electron chi connectivity index (χ1n) is 9.02. The van der Waals surface area contributed by atoms with Crippen LogP contribution in [-0.2, 0) is 11.2 Å². The summed E-state index contributed by atoms with van der Waals surface area (Å²) in [6.45, 7) is 0.330.